The van der Waals surface area contributed by atoms with Crippen molar-refractivity contribution in [1.29, 1.82) is 0 Å². The van der Waals surface area contributed by atoms with Crippen molar-refractivity contribution in [2.45, 2.75) is 19.1 Å². The zero-order valence-electron chi connectivity index (χ0n) is 12.7. The molecule has 1 amide bonds. The van der Waals surface area contributed by atoms with Crippen LogP contribution in [-0.4, -0.2) is 55.7 Å². The van der Waals surface area contributed by atoms with Gasteiger partial charge in [0, 0.05) is 32.7 Å². The van der Waals surface area contributed by atoms with E-state index in [0.29, 0.717) is 13.1 Å². The van der Waals surface area contributed by atoms with Crippen LogP contribution in [-0.2, 0) is 0 Å². The van der Waals surface area contributed by atoms with E-state index >= 15 is 0 Å². The van der Waals surface area contributed by atoms with E-state index in [9.17, 15) is 22.4 Å². The topological polar surface area (TPSA) is 44.4 Å². The highest BCUT2D eigenvalue weighted by molar-refractivity contribution is 5.94. The molecule has 128 valence electrons. The lowest BCUT2D eigenvalue weighted by molar-refractivity contribution is -0.183. The second-order valence-electron chi connectivity index (χ2n) is 5.49. The Morgan fingerprint density at radius 3 is 2.61 bits per heavy atom. The Morgan fingerprint density at radius 1 is 1.35 bits per heavy atom. The van der Waals surface area contributed by atoms with Crippen molar-refractivity contribution in [2.75, 3.05) is 32.7 Å². The summed E-state index contributed by atoms with van der Waals surface area (Å²) in [6, 6.07) is 2.46. The molecule has 1 atom stereocenters. The maximum absolute atomic E-state index is 13.9. The minimum Gasteiger partial charge on any atom is -0.350 e. The Kier molecular flexibility index (Phi) is 5.59. The van der Waals surface area contributed by atoms with Gasteiger partial charge in [-0.3, -0.25) is 9.69 Å². The Labute approximate surface area is 131 Å². The van der Waals surface area contributed by atoms with Crippen LogP contribution in [0, 0.1) is 12.7 Å². The first-order valence-electron chi connectivity index (χ1n) is 7.35. The lowest BCUT2D eigenvalue weighted by atomic mass is 10.1. The molecule has 2 N–H and O–H groups in total. The monoisotopic (exact) mass is 333 g/mol. The van der Waals surface area contributed by atoms with Gasteiger partial charge in [0.25, 0.3) is 5.91 Å². The van der Waals surface area contributed by atoms with Gasteiger partial charge in [-0.2, -0.15) is 13.2 Å². The fourth-order valence-corrected chi connectivity index (χ4v) is 2.55. The molecule has 1 aliphatic heterocycles. The predicted octanol–water partition coefficient (Wildman–Crippen LogP) is 1.70. The zero-order chi connectivity index (χ0) is 17.0. The van der Waals surface area contributed by atoms with Gasteiger partial charge in [-0.05, 0) is 18.6 Å². The molecule has 0 radical (unpaired) electrons. The summed E-state index contributed by atoms with van der Waals surface area (Å²) in [4.78, 5) is 13.3. The van der Waals surface area contributed by atoms with E-state index in [4.69, 9.17) is 0 Å². The van der Waals surface area contributed by atoms with Gasteiger partial charge >= 0.3 is 6.18 Å². The molecule has 1 unspecified atom stereocenters. The van der Waals surface area contributed by atoms with E-state index in [1.807, 2.05) is 0 Å². The smallest absolute Gasteiger partial charge is 0.350 e. The number of hydrogen-bond donors (Lipinski definition) is 2. The van der Waals surface area contributed by atoms with Crippen molar-refractivity contribution in [1.82, 2.24) is 15.5 Å². The highest BCUT2D eigenvalue weighted by atomic mass is 19.4. The predicted molar refractivity (Wildman–Crippen MR) is 77.8 cm³/mol. The highest BCUT2D eigenvalue weighted by Gasteiger charge is 2.43. The van der Waals surface area contributed by atoms with Crippen LogP contribution in [0.5, 0.6) is 0 Å². The van der Waals surface area contributed by atoms with Crippen molar-refractivity contribution in [3.8, 4) is 0 Å². The molecular formula is C15H19F4N3O. The molecule has 0 bridgehead atoms. The molecule has 0 saturated carbocycles. The van der Waals surface area contributed by atoms with Gasteiger partial charge in [-0.15, -0.1) is 0 Å². The maximum atomic E-state index is 13.9. The quantitative estimate of drug-likeness (QED) is 0.825. The highest BCUT2D eigenvalue weighted by Crippen LogP contribution is 2.25. The number of piperazine rings is 1. The summed E-state index contributed by atoms with van der Waals surface area (Å²) in [7, 11) is 0. The first-order valence-corrected chi connectivity index (χ1v) is 7.35. The van der Waals surface area contributed by atoms with E-state index in [1.54, 1.807) is 0 Å². The fourth-order valence-electron chi connectivity index (χ4n) is 2.55. The van der Waals surface area contributed by atoms with Crippen LogP contribution < -0.4 is 10.6 Å². The minimum atomic E-state index is -4.46. The van der Waals surface area contributed by atoms with Gasteiger partial charge in [0.2, 0.25) is 0 Å². The molecule has 1 saturated heterocycles. The number of alkyl halides is 3. The lowest BCUT2D eigenvalue weighted by Gasteiger charge is -2.35. The number of carbonyl (C=O) groups excluding carboxylic acids is 1. The van der Waals surface area contributed by atoms with Crippen LogP contribution in [0.2, 0.25) is 0 Å². The molecule has 0 spiro atoms. The molecule has 0 aromatic heterocycles. The lowest BCUT2D eigenvalue weighted by Crippen LogP contribution is -2.57. The fraction of sp³-hybridized carbons (Fsp3) is 0.533. The number of hydrogen-bond acceptors (Lipinski definition) is 3. The maximum Gasteiger partial charge on any atom is 0.405 e. The molecule has 1 heterocycles. The summed E-state index contributed by atoms with van der Waals surface area (Å²) in [5.74, 6) is -1.55. The number of nitrogens with zero attached hydrogens (tertiary/aromatic N) is 1. The molecule has 0 aliphatic carbocycles. The van der Waals surface area contributed by atoms with Gasteiger partial charge in [-0.1, -0.05) is 12.1 Å². The number of aryl methyl sites for hydroxylation is 1. The average Bonchev–Trinajstić information content (AvgIpc) is 2.50. The van der Waals surface area contributed by atoms with Crippen molar-refractivity contribution in [2.24, 2.45) is 0 Å². The SMILES string of the molecule is Cc1cccc(C(=O)NCC(N2CCNCC2)C(F)(F)F)c1F. The summed E-state index contributed by atoms with van der Waals surface area (Å²) < 4.78 is 53.5. The Morgan fingerprint density at radius 2 is 2.00 bits per heavy atom. The number of amides is 1. The molecule has 23 heavy (non-hydrogen) atoms. The Bertz CT molecular complexity index is 556. The standard InChI is InChI=1S/C15H19F4N3O/c1-10-3-2-4-11(13(10)16)14(23)21-9-12(15(17,18)19)22-7-5-20-6-8-22/h2-4,12,20H,5-9H2,1H3,(H,21,23). The average molecular weight is 333 g/mol. The van der Waals surface area contributed by atoms with Gasteiger partial charge in [-0.25, -0.2) is 4.39 Å². The van der Waals surface area contributed by atoms with Gasteiger partial charge in [0.15, 0.2) is 0 Å². The summed E-state index contributed by atoms with van der Waals surface area (Å²) in [6.45, 7) is 2.32. The first kappa shape index (κ1) is 17.7. The number of rotatable bonds is 4. The van der Waals surface area contributed by atoms with E-state index in [1.165, 1.54) is 30.0 Å². The van der Waals surface area contributed by atoms with E-state index in [2.05, 4.69) is 10.6 Å². The summed E-state index contributed by atoms with van der Waals surface area (Å²) in [5.41, 5.74) is 0.0263. The number of benzene rings is 1. The molecule has 8 heteroatoms. The number of halogens is 4. The molecule has 4 nitrogen and oxygen atoms in total. The van der Waals surface area contributed by atoms with Gasteiger partial charge < -0.3 is 10.6 Å². The van der Waals surface area contributed by atoms with Crippen molar-refractivity contribution in [3.05, 3.63) is 35.1 Å². The van der Waals surface area contributed by atoms with Crippen LogP contribution >= 0.6 is 0 Å². The van der Waals surface area contributed by atoms with E-state index < -0.39 is 30.5 Å². The molecule has 1 aromatic rings. The normalized spacial score (nSPS) is 17.8. The van der Waals surface area contributed by atoms with Gasteiger partial charge in [0.05, 0.1) is 5.56 Å². The molecule has 1 aromatic carbocycles. The Hall–Kier alpha value is -1.67. The second kappa shape index (κ2) is 7.27. The van der Waals surface area contributed by atoms with Crippen LogP contribution in [0.1, 0.15) is 15.9 Å². The van der Waals surface area contributed by atoms with Crippen LogP contribution in [0.25, 0.3) is 0 Å². The number of carbonyl (C=O) groups is 1. The van der Waals surface area contributed by atoms with E-state index in [0.717, 1.165) is 0 Å². The zero-order valence-corrected chi connectivity index (χ0v) is 12.7. The summed E-state index contributed by atoms with van der Waals surface area (Å²) in [5, 5.41) is 5.19. The summed E-state index contributed by atoms with van der Waals surface area (Å²) >= 11 is 0. The second-order valence-corrected chi connectivity index (χ2v) is 5.49. The van der Waals surface area contributed by atoms with Crippen molar-refractivity contribution < 1.29 is 22.4 Å². The minimum absolute atomic E-state index is 0.244. The largest absolute Gasteiger partial charge is 0.405 e. The third-order valence-corrected chi connectivity index (χ3v) is 3.86. The van der Waals surface area contributed by atoms with Crippen molar-refractivity contribution >= 4 is 5.91 Å². The van der Waals surface area contributed by atoms with Crippen LogP contribution in [0.15, 0.2) is 18.2 Å². The van der Waals surface area contributed by atoms with Crippen LogP contribution in [0.4, 0.5) is 17.6 Å². The molecule has 2 rings (SSSR count). The third kappa shape index (κ3) is 4.42. The summed E-state index contributed by atoms with van der Waals surface area (Å²) in [6.07, 6.45) is -4.46. The third-order valence-electron chi connectivity index (χ3n) is 3.86. The molecule has 1 aliphatic rings. The number of nitrogens with one attached hydrogen (secondary N) is 2. The molecule has 1 fully saturated rings. The Balaban J connectivity index is 2.05. The van der Waals surface area contributed by atoms with Gasteiger partial charge in [0.1, 0.15) is 11.9 Å². The van der Waals surface area contributed by atoms with Crippen molar-refractivity contribution in [3.63, 3.8) is 0 Å². The van der Waals surface area contributed by atoms with E-state index in [-0.39, 0.29) is 24.2 Å². The van der Waals surface area contributed by atoms with Crippen LogP contribution in [0.3, 0.4) is 0 Å². The molecular weight excluding hydrogens is 314 g/mol. The first-order chi connectivity index (χ1) is 10.8.